The summed E-state index contributed by atoms with van der Waals surface area (Å²) in [7, 11) is 1.63. The van der Waals surface area contributed by atoms with Gasteiger partial charge in [0.25, 0.3) is 5.91 Å². The third-order valence-corrected chi connectivity index (χ3v) is 4.65. The summed E-state index contributed by atoms with van der Waals surface area (Å²) in [6, 6.07) is 21.4. The quantitative estimate of drug-likeness (QED) is 0.650. The van der Waals surface area contributed by atoms with Crippen LogP contribution in [0.2, 0.25) is 0 Å². The fraction of sp³-hybridized carbons (Fsp3) is 0.261. The summed E-state index contributed by atoms with van der Waals surface area (Å²) in [4.78, 5) is 12.8. The van der Waals surface area contributed by atoms with Crippen LogP contribution in [0.4, 0.5) is 0 Å². The largest absolute Gasteiger partial charge is 0.496 e. The molecular weight excluding hydrogens is 338 g/mol. The molecule has 0 radical (unpaired) electrons. The van der Waals surface area contributed by atoms with E-state index in [0.29, 0.717) is 6.42 Å². The number of ether oxygens (including phenoxy) is 2. The van der Waals surface area contributed by atoms with Gasteiger partial charge in [0.05, 0.1) is 13.2 Å². The van der Waals surface area contributed by atoms with Gasteiger partial charge in [-0.25, -0.2) is 0 Å². The molecule has 0 unspecified atom stereocenters. The second kappa shape index (κ2) is 8.58. The first-order valence-electron chi connectivity index (χ1n) is 9.21. The molecule has 0 saturated carbocycles. The predicted octanol–water partition coefficient (Wildman–Crippen LogP) is 4.88. The molecule has 4 heteroatoms. The van der Waals surface area contributed by atoms with E-state index in [1.54, 1.807) is 7.11 Å². The Bertz CT molecular complexity index is 917. The molecule has 3 aromatic rings. The lowest BCUT2D eigenvalue weighted by Gasteiger charge is -2.22. The number of methoxy groups -OCH3 is 1. The van der Waals surface area contributed by atoms with Crippen LogP contribution in [0.3, 0.4) is 0 Å². The monoisotopic (exact) mass is 363 g/mol. The lowest BCUT2D eigenvalue weighted by molar-refractivity contribution is -0.128. The van der Waals surface area contributed by atoms with E-state index in [9.17, 15) is 4.79 Å². The van der Waals surface area contributed by atoms with E-state index in [1.807, 2.05) is 80.6 Å². The van der Waals surface area contributed by atoms with Crippen LogP contribution >= 0.6 is 0 Å². The molecule has 4 nitrogen and oxygen atoms in total. The maximum absolute atomic E-state index is 12.8. The van der Waals surface area contributed by atoms with Crippen LogP contribution in [-0.4, -0.2) is 19.1 Å². The molecule has 3 rings (SSSR count). The highest BCUT2D eigenvalue weighted by Gasteiger charge is 2.22. The lowest BCUT2D eigenvalue weighted by atomic mass is 10.1. The van der Waals surface area contributed by atoms with Gasteiger partial charge in [0.15, 0.2) is 6.10 Å². The van der Waals surface area contributed by atoms with Gasteiger partial charge < -0.3 is 14.8 Å². The number of rotatable bonds is 7. The number of amides is 1. The van der Waals surface area contributed by atoms with E-state index in [1.165, 1.54) is 0 Å². The van der Waals surface area contributed by atoms with Gasteiger partial charge in [-0.2, -0.15) is 0 Å². The maximum Gasteiger partial charge on any atom is 0.261 e. The zero-order valence-electron chi connectivity index (χ0n) is 15.9. The van der Waals surface area contributed by atoms with Crippen molar-refractivity contribution in [3.63, 3.8) is 0 Å². The molecule has 27 heavy (non-hydrogen) atoms. The zero-order valence-corrected chi connectivity index (χ0v) is 15.9. The van der Waals surface area contributed by atoms with Crippen LogP contribution in [0, 0.1) is 0 Å². The van der Waals surface area contributed by atoms with Crippen molar-refractivity contribution in [2.24, 2.45) is 0 Å². The van der Waals surface area contributed by atoms with E-state index in [2.05, 4.69) is 5.32 Å². The molecule has 0 aromatic heterocycles. The maximum atomic E-state index is 12.8. The predicted molar refractivity (Wildman–Crippen MR) is 108 cm³/mol. The zero-order chi connectivity index (χ0) is 19.2. The van der Waals surface area contributed by atoms with Crippen LogP contribution in [0.5, 0.6) is 11.5 Å². The van der Waals surface area contributed by atoms with Crippen molar-refractivity contribution in [1.29, 1.82) is 0 Å². The summed E-state index contributed by atoms with van der Waals surface area (Å²) in [5.41, 5.74) is 0.938. The minimum absolute atomic E-state index is 0.135. The van der Waals surface area contributed by atoms with Crippen molar-refractivity contribution < 1.29 is 14.3 Å². The molecule has 1 amide bonds. The van der Waals surface area contributed by atoms with Crippen molar-refractivity contribution in [3.8, 4) is 11.5 Å². The molecule has 3 aromatic carbocycles. The van der Waals surface area contributed by atoms with Crippen molar-refractivity contribution >= 4 is 16.7 Å². The summed E-state index contributed by atoms with van der Waals surface area (Å²) in [5.74, 6) is 1.34. The summed E-state index contributed by atoms with van der Waals surface area (Å²) in [6.45, 7) is 3.89. The Morgan fingerprint density at radius 2 is 1.63 bits per heavy atom. The first-order valence-corrected chi connectivity index (χ1v) is 9.21. The number of nitrogens with one attached hydrogen (secondary N) is 1. The first kappa shape index (κ1) is 18.8. The number of fused-ring (bicyclic) bond motifs is 1. The highest BCUT2D eigenvalue weighted by molar-refractivity contribution is 5.89. The lowest BCUT2D eigenvalue weighted by Crippen LogP contribution is -2.39. The SMILES string of the molecule is CC[C@@H](Oc1cccc2ccccc12)C(=O)N[C@H](C)c1ccccc1OC. The molecule has 0 spiro atoms. The number of hydrogen-bond acceptors (Lipinski definition) is 3. The molecule has 2 atom stereocenters. The average Bonchev–Trinajstić information content (AvgIpc) is 2.71. The number of benzene rings is 3. The van der Waals surface area contributed by atoms with E-state index >= 15 is 0 Å². The fourth-order valence-electron chi connectivity index (χ4n) is 3.18. The van der Waals surface area contributed by atoms with Crippen LogP contribution in [0.15, 0.2) is 66.7 Å². The Labute approximate surface area is 160 Å². The van der Waals surface area contributed by atoms with Crippen molar-refractivity contribution in [1.82, 2.24) is 5.32 Å². The van der Waals surface area contributed by atoms with Crippen LogP contribution in [0.25, 0.3) is 10.8 Å². The van der Waals surface area contributed by atoms with E-state index in [-0.39, 0.29) is 11.9 Å². The fourth-order valence-corrected chi connectivity index (χ4v) is 3.18. The summed E-state index contributed by atoms with van der Waals surface area (Å²) in [6.07, 6.45) is 0.0150. The topological polar surface area (TPSA) is 47.6 Å². The van der Waals surface area contributed by atoms with E-state index in [0.717, 1.165) is 27.8 Å². The van der Waals surface area contributed by atoms with Gasteiger partial charge in [-0.15, -0.1) is 0 Å². The molecule has 0 fully saturated rings. The Balaban J connectivity index is 1.76. The second-order valence-electron chi connectivity index (χ2n) is 6.46. The molecule has 0 bridgehead atoms. The molecule has 0 aliphatic heterocycles. The number of carbonyl (C=O) groups is 1. The van der Waals surface area contributed by atoms with Gasteiger partial charge in [-0.05, 0) is 30.9 Å². The van der Waals surface area contributed by atoms with Gasteiger partial charge in [-0.3, -0.25) is 4.79 Å². The highest BCUT2D eigenvalue weighted by atomic mass is 16.5. The molecule has 0 saturated heterocycles. The van der Waals surface area contributed by atoms with Gasteiger partial charge in [0.1, 0.15) is 11.5 Å². The van der Waals surface area contributed by atoms with Crippen molar-refractivity contribution in [2.45, 2.75) is 32.4 Å². The number of para-hydroxylation sites is 1. The van der Waals surface area contributed by atoms with Crippen LogP contribution < -0.4 is 14.8 Å². The van der Waals surface area contributed by atoms with Crippen molar-refractivity contribution in [3.05, 3.63) is 72.3 Å². The Morgan fingerprint density at radius 3 is 2.41 bits per heavy atom. The first-order chi connectivity index (χ1) is 13.1. The van der Waals surface area contributed by atoms with Crippen LogP contribution in [0.1, 0.15) is 31.9 Å². The number of hydrogen-bond donors (Lipinski definition) is 1. The smallest absolute Gasteiger partial charge is 0.261 e. The van der Waals surface area contributed by atoms with Gasteiger partial charge in [-0.1, -0.05) is 61.5 Å². The molecule has 0 aliphatic carbocycles. The minimum Gasteiger partial charge on any atom is -0.496 e. The van der Waals surface area contributed by atoms with Gasteiger partial charge >= 0.3 is 0 Å². The minimum atomic E-state index is -0.562. The third kappa shape index (κ3) is 4.22. The summed E-state index contributed by atoms with van der Waals surface area (Å²) >= 11 is 0. The summed E-state index contributed by atoms with van der Waals surface area (Å²) in [5, 5.41) is 5.14. The van der Waals surface area contributed by atoms with E-state index in [4.69, 9.17) is 9.47 Å². The van der Waals surface area contributed by atoms with Gasteiger partial charge in [0, 0.05) is 10.9 Å². The molecule has 140 valence electrons. The number of carbonyl (C=O) groups excluding carboxylic acids is 1. The average molecular weight is 363 g/mol. The van der Waals surface area contributed by atoms with E-state index < -0.39 is 6.10 Å². The molecule has 0 heterocycles. The second-order valence-corrected chi connectivity index (χ2v) is 6.46. The highest BCUT2D eigenvalue weighted by Crippen LogP contribution is 2.27. The molecule has 1 N–H and O–H groups in total. The van der Waals surface area contributed by atoms with Crippen molar-refractivity contribution in [2.75, 3.05) is 7.11 Å². The Morgan fingerprint density at radius 1 is 0.963 bits per heavy atom. The van der Waals surface area contributed by atoms with Crippen LogP contribution in [-0.2, 0) is 4.79 Å². The standard InChI is InChI=1S/C23H25NO3/c1-4-20(27-22-15-9-11-17-10-5-6-13-19(17)22)23(25)24-16(2)18-12-7-8-14-21(18)26-3/h5-16,20H,4H2,1-3H3,(H,24,25)/t16-,20-/m1/s1. The Hall–Kier alpha value is -3.01. The third-order valence-electron chi connectivity index (χ3n) is 4.65. The summed E-state index contributed by atoms with van der Waals surface area (Å²) < 4.78 is 11.5. The molecular formula is C23H25NO3. The normalized spacial score (nSPS) is 13.0. The Kier molecular flexibility index (Phi) is 5.97. The van der Waals surface area contributed by atoms with Gasteiger partial charge in [0.2, 0.25) is 0 Å². The molecule has 0 aliphatic rings.